The van der Waals surface area contributed by atoms with Crippen molar-refractivity contribution >= 4 is 64.9 Å². The molecule has 0 spiro atoms. The first-order chi connectivity index (χ1) is 28.8. The van der Waals surface area contributed by atoms with Gasteiger partial charge in [0.1, 0.15) is 10.8 Å². The molecule has 2 aromatic carbocycles. The number of rotatable bonds is 9. The Hall–Kier alpha value is -5.30. The number of aromatic nitrogens is 6. The minimum absolute atomic E-state index is 0.0856. The maximum atomic E-state index is 14.2. The molecule has 2 aliphatic carbocycles. The fourth-order valence-electron chi connectivity index (χ4n) is 9.86. The highest BCUT2D eigenvalue weighted by molar-refractivity contribution is 7.90. The maximum Gasteiger partial charge on any atom is 0.261 e. The molecule has 60 heavy (non-hydrogen) atoms. The van der Waals surface area contributed by atoms with Crippen molar-refractivity contribution in [3.63, 3.8) is 0 Å². The molecule has 10 rings (SSSR count). The molecule has 0 amide bonds. The lowest BCUT2D eigenvalue weighted by molar-refractivity contribution is 0.226. The van der Waals surface area contributed by atoms with Crippen molar-refractivity contribution in [2.45, 2.75) is 125 Å². The smallest absolute Gasteiger partial charge is 0.261 e. The molecular formula is C42H48N10O6S2. The number of nitrogens with one attached hydrogen (secondary N) is 5. The van der Waals surface area contributed by atoms with Crippen molar-refractivity contribution in [1.82, 2.24) is 38.6 Å². The van der Waals surface area contributed by atoms with E-state index in [4.69, 9.17) is 10.2 Å². The van der Waals surface area contributed by atoms with Gasteiger partial charge >= 0.3 is 0 Å². The van der Waals surface area contributed by atoms with Gasteiger partial charge in [0.2, 0.25) is 20.0 Å². The van der Waals surface area contributed by atoms with Gasteiger partial charge in [-0.15, -0.1) is 0 Å². The maximum absolute atomic E-state index is 14.2. The molecule has 16 nitrogen and oxygen atoms in total. The lowest BCUT2D eigenvalue weighted by Crippen LogP contribution is -2.46. The van der Waals surface area contributed by atoms with E-state index < -0.39 is 25.6 Å². The number of nitrogens with zero attached hydrogens (tertiary/aromatic N) is 5. The third-order valence-electron chi connectivity index (χ3n) is 12.8. The van der Waals surface area contributed by atoms with Crippen LogP contribution >= 0.6 is 0 Å². The van der Waals surface area contributed by atoms with E-state index in [1.165, 1.54) is 10.7 Å². The van der Waals surface area contributed by atoms with E-state index in [1.807, 2.05) is 41.4 Å². The lowest BCUT2D eigenvalue weighted by Gasteiger charge is -2.34. The summed E-state index contributed by atoms with van der Waals surface area (Å²) in [5, 5.41) is 17.3. The number of aromatic amines is 2. The average molecular weight is 853 g/mol. The minimum Gasteiger partial charge on any atom is -0.338 e. The van der Waals surface area contributed by atoms with Gasteiger partial charge < -0.3 is 20.6 Å². The summed E-state index contributed by atoms with van der Waals surface area (Å²) in [4.78, 5) is 33.4. The Morgan fingerprint density at radius 2 is 1.30 bits per heavy atom. The van der Waals surface area contributed by atoms with Crippen LogP contribution in [0.15, 0.2) is 74.1 Å². The standard InChI is InChI=1S/C42H48N10O6S2/c1-42(2,50-24-26-20-28(14-16-35(26)60(50,57)58)46-38-36-32(17-18-43-40(36)53)51(48-38)30-9-5-3-6-10-30)22-29-21-33-37(41(54)47-29)39(49-52(33)31-11-7-4-8-12-31)45-27-13-15-34-25(19-27)23-44-59(34,55)56/h13-21,30-31,44H,3-12,22-24H2,1-2H3,(H,43,53)(H,45,49)(H,46,48)(H,47,54). The number of fused-ring (bicyclic) bond motifs is 4. The Kier molecular flexibility index (Phi) is 9.34. The van der Waals surface area contributed by atoms with E-state index in [-0.39, 0.29) is 52.5 Å². The van der Waals surface area contributed by atoms with Crippen LogP contribution < -0.4 is 26.5 Å². The minimum atomic E-state index is -3.92. The molecule has 0 bridgehead atoms. The van der Waals surface area contributed by atoms with E-state index >= 15 is 0 Å². The predicted molar refractivity (Wildman–Crippen MR) is 229 cm³/mol. The van der Waals surface area contributed by atoms with Crippen LogP contribution in [0.1, 0.15) is 107 Å². The quantitative estimate of drug-likeness (QED) is 0.106. The van der Waals surface area contributed by atoms with Gasteiger partial charge in [0.15, 0.2) is 11.6 Å². The van der Waals surface area contributed by atoms with Crippen molar-refractivity contribution in [1.29, 1.82) is 0 Å². The number of hydrogen-bond acceptors (Lipinski definition) is 10. The normalized spacial score (nSPS) is 19.5. The van der Waals surface area contributed by atoms with E-state index in [2.05, 4.69) is 25.3 Å². The first kappa shape index (κ1) is 38.9. The Labute approximate surface area is 346 Å². The molecule has 0 radical (unpaired) electrons. The Bertz CT molecular complexity index is 3050. The molecule has 0 unspecified atom stereocenters. The van der Waals surface area contributed by atoms with E-state index in [0.717, 1.165) is 63.3 Å². The predicted octanol–water partition coefficient (Wildman–Crippen LogP) is 6.58. The van der Waals surface area contributed by atoms with Gasteiger partial charge in [-0.05, 0) is 99.2 Å². The van der Waals surface area contributed by atoms with Crippen LogP contribution in [0, 0.1) is 0 Å². The van der Waals surface area contributed by atoms with Crippen molar-refractivity contribution in [2.75, 3.05) is 10.6 Å². The molecule has 0 saturated heterocycles. The fourth-order valence-corrected chi connectivity index (χ4v) is 13.0. The highest BCUT2D eigenvalue weighted by Gasteiger charge is 2.44. The van der Waals surface area contributed by atoms with E-state index in [0.29, 0.717) is 56.1 Å². The second-order valence-corrected chi connectivity index (χ2v) is 20.9. The van der Waals surface area contributed by atoms with Crippen molar-refractivity contribution < 1.29 is 16.8 Å². The molecular weight excluding hydrogens is 805 g/mol. The monoisotopic (exact) mass is 852 g/mol. The summed E-state index contributed by atoms with van der Waals surface area (Å²) >= 11 is 0. The van der Waals surface area contributed by atoms with Gasteiger partial charge in [-0.25, -0.2) is 21.6 Å². The summed E-state index contributed by atoms with van der Waals surface area (Å²) in [6.07, 6.45) is 12.4. The second-order valence-electron chi connectivity index (χ2n) is 17.3. The van der Waals surface area contributed by atoms with E-state index in [1.54, 1.807) is 36.5 Å². The van der Waals surface area contributed by atoms with Crippen molar-refractivity contribution in [3.05, 3.63) is 92.3 Å². The van der Waals surface area contributed by atoms with Crippen LogP contribution in [0.2, 0.25) is 0 Å². The Balaban J connectivity index is 0.940. The second kappa shape index (κ2) is 14.4. The molecule has 6 heterocycles. The van der Waals surface area contributed by atoms with E-state index in [9.17, 15) is 26.4 Å². The summed E-state index contributed by atoms with van der Waals surface area (Å²) in [7, 11) is -7.45. The average Bonchev–Trinajstić information content (AvgIpc) is 3.94. The summed E-state index contributed by atoms with van der Waals surface area (Å²) in [6.45, 7) is 4.04. The van der Waals surface area contributed by atoms with Crippen molar-refractivity contribution in [3.8, 4) is 0 Å². The SMILES string of the molecule is CC(C)(Cc1cc2c(c(Nc3ccc4c(c3)CNS4(=O)=O)nn2C2CCCCC2)c(=O)[nH]1)N1Cc2cc(Nc3nn(C4CCCCC4)c4cc[nH]c(=O)c34)ccc2S1(=O)=O. The van der Waals surface area contributed by atoms with Gasteiger partial charge in [0.05, 0.1) is 32.9 Å². The Morgan fingerprint density at radius 3 is 1.95 bits per heavy atom. The van der Waals surface area contributed by atoms with Gasteiger partial charge in [-0.1, -0.05) is 38.5 Å². The van der Waals surface area contributed by atoms with Gasteiger partial charge in [-0.3, -0.25) is 19.0 Å². The van der Waals surface area contributed by atoms with Crippen LogP contribution in [-0.2, 0) is 39.6 Å². The molecule has 5 N–H and O–H groups in total. The van der Waals surface area contributed by atoms with Crippen LogP contribution in [0.25, 0.3) is 21.8 Å². The van der Waals surface area contributed by atoms with Crippen LogP contribution in [-0.4, -0.2) is 56.2 Å². The zero-order valence-corrected chi connectivity index (χ0v) is 35.2. The molecule has 4 aliphatic rings. The first-order valence-corrected chi connectivity index (χ1v) is 23.8. The summed E-state index contributed by atoms with van der Waals surface area (Å²) in [5.74, 6) is 0.803. The molecule has 4 aromatic heterocycles. The molecule has 0 atom stereocenters. The summed E-state index contributed by atoms with van der Waals surface area (Å²) in [5.41, 5.74) is 2.94. The molecule has 314 valence electrons. The zero-order valence-electron chi connectivity index (χ0n) is 33.5. The van der Waals surface area contributed by atoms with Gasteiger partial charge in [0.25, 0.3) is 11.1 Å². The number of hydrogen-bond donors (Lipinski definition) is 5. The van der Waals surface area contributed by atoms with Crippen LogP contribution in [0.5, 0.6) is 0 Å². The number of pyridine rings is 2. The highest BCUT2D eigenvalue weighted by atomic mass is 32.2. The third-order valence-corrected chi connectivity index (χ3v) is 16.5. The fraction of sp³-hybridized carbons (Fsp3) is 0.429. The Morgan fingerprint density at radius 1 is 0.717 bits per heavy atom. The number of H-pyrrole nitrogens is 2. The van der Waals surface area contributed by atoms with Gasteiger partial charge in [-0.2, -0.15) is 14.5 Å². The molecule has 2 fully saturated rings. The van der Waals surface area contributed by atoms with Gasteiger partial charge in [0, 0.05) is 48.3 Å². The molecule has 18 heteroatoms. The van der Waals surface area contributed by atoms with Crippen LogP contribution in [0.3, 0.4) is 0 Å². The topological polar surface area (TPSA) is 209 Å². The first-order valence-electron chi connectivity index (χ1n) is 20.8. The molecule has 2 aliphatic heterocycles. The third kappa shape index (κ3) is 6.64. The summed E-state index contributed by atoms with van der Waals surface area (Å²) in [6, 6.07) is 14.2. The zero-order chi connectivity index (χ0) is 41.6. The van der Waals surface area contributed by atoms with Crippen LogP contribution in [0.4, 0.5) is 23.0 Å². The highest BCUT2D eigenvalue weighted by Crippen LogP contribution is 2.40. The van der Waals surface area contributed by atoms with Crippen molar-refractivity contribution in [2.24, 2.45) is 0 Å². The lowest BCUT2D eigenvalue weighted by atomic mass is 9.95. The number of sulfonamides is 2. The molecule has 6 aromatic rings. The number of benzene rings is 2. The molecule has 2 saturated carbocycles. The largest absolute Gasteiger partial charge is 0.338 e. The number of anilines is 4. The summed E-state index contributed by atoms with van der Waals surface area (Å²) < 4.78 is 61.1.